The molecule has 0 fully saturated rings. The number of unbranched alkanes of at least 4 members (excludes halogenated alkanes) is 5. The number of benzene rings is 2. The molecule has 0 saturated heterocycles. The van der Waals surface area contributed by atoms with Crippen molar-refractivity contribution in [3.63, 3.8) is 0 Å². The van der Waals surface area contributed by atoms with E-state index in [-0.39, 0.29) is 5.75 Å². The predicted octanol–water partition coefficient (Wildman–Crippen LogP) is 6.24. The Labute approximate surface area is 133 Å². The third-order valence-electron chi connectivity index (χ3n) is 3.82. The number of para-hydroxylation sites is 1. The Bertz CT molecular complexity index is 546. The highest BCUT2D eigenvalue weighted by molar-refractivity contribution is 5.70. The van der Waals surface area contributed by atoms with Crippen LogP contribution in [-0.4, -0.2) is 6.61 Å². The van der Waals surface area contributed by atoms with E-state index >= 15 is 0 Å². The molecule has 2 aromatic rings. The van der Waals surface area contributed by atoms with Gasteiger partial charge in [-0.25, -0.2) is 0 Å². The molecule has 1 radical (unpaired) electrons. The van der Waals surface area contributed by atoms with E-state index in [0.717, 1.165) is 29.9 Å². The molecule has 0 atom stereocenters. The Morgan fingerprint density at radius 1 is 0.818 bits per heavy atom. The summed E-state index contributed by atoms with van der Waals surface area (Å²) < 4.78 is 5.76. The van der Waals surface area contributed by atoms with Gasteiger partial charge in [-0.1, -0.05) is 69.4 Å². The Morgan fingerprint density at radius 2 is 1.50 bits per heavy atom. The quantitative estimate of drug-likeness (QED) is 0.504. The lowest BCUT2D eigenvalue weighted by Crippen LogP contribution is -1.97. The molecule has 0 N–H and O–H groups in total. The van der Waals surface area contributed by atoms with E-state index in [2.05, 4.69) is 6.92 Å². The van der Waals surface area contributed by atoms with Gasteiger partial charge in [0.2, 0.25) is 0 Å². The zero-order chi connectivity index (χ0) is 15.6. The van der Waals surface area contributed by atoms with Gasteiger partial charge in [-0.05, 0) is 30.2 Å². The molecule has 0 aliphatic heterocycles. The number of rotatable bonds is 9. The summed E-state index contributed by atoms with van der Waals surface area (Å²) in [6, 6.07) is 14.9. The molecular weight excluding hydrogens is 272 g/mol. The minimum Gasteiger partial charge on any atom is -0.494 e. The van der Waals surface area contributed by atoms with Crippen LogP contribution in [0.4, 0.5) is 0 Å². The Balaban J connectivity index is 1.77. The summed E-state index contributed by atoms with van der Waals surface area (Å²) >= 11 is 0. The molecule has 0 aliphatic rings. The minimum atomic E-state index is 0.0586. The lowest BCUT2D eigenvalue weighted by Gasteiger charge is -2.08. The van der Waals surface area contributed by atoms with Crippen molar-refractivity contribution < 1.29 is 9.84 Å². The lowest BCUT2D eigenvalue weighted by atomic mass is 10.0. The van der Waals surface area contributed by atoms with Crippen molar-refractivity contribution in [2.75, 3.05) is 6.61 Å². The second-order valence-corrected chi connectivity index (χ2v) is 5.64. The highest BCUT2D eigenvalue weighted by Gasteiger charge is 2.04. The van der Waals surface area contributed by atoms with Crippen LogP contribution in [0.25, 0.3) is 11.1 Å². The molecule has 0 amide bonds. The maximum absolute atomic E-state index is 11.8. The standard InChI is InChI=1S/C20H25O2/c1-2-3-4-5-6-9-16-22-18-14-12-17(13-15-18)19-10-7-8-11-20(19)21/h7-8,10-15H,2-6,9,16H2,1H3. The molecule has 117 valence electrons. The van der Waals surface area contributed by atoms with Gasteiger partial charge in [0, 0.05) is 5.56 Å². The fourth-order valence-corrected chi connectivity index (χ4v) is 2.51. The summed E-state index contributed by atoms with van der Waals surface area (Å²) in [4.78, 5) is 0. The monoisotopic (exact) mass is 297 g/mol. The van der Waals surface area contributed by atoms with Crippen LogP contribution in [0.5, 0.6) is 11.5 Å². The average Bonchev–Trinajstić information content (AvgIpc) is 2.55. The van der Waals surface area contributed by atoms with E-state index in [1.165, 1.54) is 32.1 Å². The van der Waals surface area contributed by atoms with Crippen molar-refractivity contribution in [1.82, 2.24) is 0 Å². The summed E-state index contributed by atoms with van der Waals surface area (Å²) in [5.41, 5.74) is 1.68. The normalized spacial score (nSPS) is 10.6. The maximum Gasteiger partial charge on any atom is 0.186 e. The molecule has 2 nitrogen and oxygen atoms in total. The summed E-state index contributed by atoms with van der Waals surface area (Å²) in [6.07, 6.45) is 7.60. The molecule has 22 heavy (non-hydrogen) atoms. The largest absolute Gasteiger partial charge is 0.494 e. The van der Waals surface area contributed by atoms with Crippen LogP contribution in [0.2, 0.25) is 0 Å². The van der Waals surface area contributed by atoms with Crippen molar-refractivity contribution in [1.29, 1.82) is 0 Å². The van der Waals surface area contributed by atoms with Crippen LogP contribution < -0.4 is 4.74 Å². The molecule has 0 aliphatic carbocycles. The molecule has 0 aromatic heterocycles. The summed E-state index contributed by atoms with van der Waals surface area (Å²) in [5, 5.41) is 11.8. The van der Waals surface area contributed by atoms with Gasteiger partial charge in [-0.15, -0.1) is 0 Å². The summed E-state index contributed by atoms with van der Waals surface area (Å²) in [5.74, 6) is 0.934. The molecule has 0 spiro atoms. The summed E-state index contributed by atoms with van der Waals surface area (Å²) in [7, 11) is 0. The Hall–Kier alpha value is -1.96. The van der Waals surface area contributed by atoms with Gasteiger partial charge in [0.25, 0.3) is 0 Å². The lowest BCUT2D eigenvalue weighted by molar-refractivity contribution is 0.304. The first-order chi connectivity index (χ1) is 10.8. The molecule has 0 saturated carbocycles. The second kappa shape index (κ2) is 9.14. The predicted molar refractivity (Wildman–Crippen MR) is 90.9 cm³/mol. The molecule has 0 heterocycles. The first kappa shape index (κ1) is 16.4. The van der Waals surface area contributed by atoms with Gasteiger partial charge in [-0.3, -0.25) is 5.11 Å². The number of hydrogen-bond donors (Lipinski definition) is 0. The fourth-order valence-electron chi connectivity index (χ4n) is 2.51. The molecular formula is C20H25O2. The van der Waals surface area contributed by atoms with E-state index in [9.17, 15) is 5.11 Å². The van der Waals surface area contributed by atoms with E-state index in [0.29, 0.717) is 0 Å². The van der Waals surface area contributed by atoms with Crippen LogP contribution in [0.15, 0.2) is 48.5 Å². The third kappa shape index (κ3) is 5.10. The third-order valence-corrected chi connectivity index (χ3v) is 3.82. The van der Waals surface area contributed by atoms with E-state index in [1.807, 2.05) is 36.4 Å². The van der Waals surface area contributed by atoms with Gasteiger partial charge in [0.15, 0.2) is 5.75 Å². The van der Waals surface area contributed by atoms with Crippen molar-refractivity contribution in [3.8, 4) is 22.6 Å². The molecule has 2 aromatic carbocycles. The van der Waals surface area contributed by atoms with Gasteiger partial charge in [0.05, 0.1) is 6.61 Å². The first-order valence-electron chi connectivity index (χ1n) is 8.30. The van der Waals surface area contributed by atoms with Gasteiger partial charge < -0.3 is 4.74 Å². The van der Waals surface area contributed by atoms with Crippen molar-refractivity contribution in [3.05, 3.63) is 48.5 Å². The van der Waals surface area contributed by atoms with Crippen molar-refractivity contribution in [2.24, 2.45) is 0 Å². The highest BCUT2D eigenvalue weighted by Crippen LogP contribution is 2.30. The van der Waals surface area contributed by atoms with Crippen LogP contribution >= 0.6 is 0 Å². The minimum absolute atomic E-state index is 0.0586. The fraction of sp³-hybridized carbons (Fsp3) is 0.400. The smallest absolute Gasteiger partial charge is 0.186 e. The number of hydrogen-bond acceptors (Lipinski definition) is 1. The van der Waals surface area contributed by atoms with Crippen molar-refractivity contribution >= 4 is 0 Å². The van der Waals surface area contributed by atoms with Crippen LogP contribution in [0.3, 0.4) is 0 Å². The zero-order valence-corrected chi connectivity index (χ0v) is 13.4. The maximum atomic E-state index is 11.8. The van der Waals surface area contributed by atoms with Crippen LogP contribution in [-0.2, 0) is 5.11 Å². The van der Waals surface area contributed by atoms with E-state index < -0.39 is 0 Å². The van der Waals surface area contributed by atoms with Gasteiger partial charge >= 0.3 is 0 Å². The van der Waals surface area contributed by atoms with Crippen LogP contribution in [0, 0.1) is 0 Å². The first-order valence-corrected chi connectivity index (χ1v) is 8.30. The average molecular weight is 297 g/mol. The SMILES string of the molecule is CCCCCCCCOc1ccc(-c2ccccc2[O])cc1. The van der Waals surface area contributed by atoms with Gasteiger partial charge in [-0.2, -0.15) is 0 Å². The Kier molecular flexibility index (Phi) is 6.82. The molecule has 0 unspecified atom stereocenters. The highest BCUT2D eigenvalue weighted by atomic mass is 16.5. The topological polar surface area (TPSA) is 29.1 Å². The van der Waals surface area contributed by atoms with Crippen molar-refractivity contribution in [2.45, 2.75) is 45.4 Å². The zero-order valence-electron chi connectivity index (χ0n) is 13.4. The van der Waals surface area contributed by atoms with E-state index in [1.54, 1.807) is 12.1 Å². The van der Waals surface area contributed by atoms with Crippen LogP contribution in [0.1, 0.15) is 45.4 Å². The molecule has 0 bridgehead atoms. The van der Waals surface area contributed by atoms with Gasteiger partial charge in [0.1, 0.15) is 5.75 Å². The molecule has 2 heteroatoms. The molecule has 2 rings (SSSR count). The summed E-state index contributed by atoms with van der Waals surface area (Å²) in [6.45, 7) is 3.00. The van der Waals surface area contributed by atoms with E-state index in [4.69, 9.17) is 4.74 Å². The number of ether oxygens (including phenoxy) is 1. The Morgan fingerprint density at radius 3 is 2.23 bits per heavy atom. The second-order valence-electron chi connectivity index (χ2n) is 5.64.